The Morgan fingerprint density at radius 3 is 2.72 bits per heavy atom. The largest absolute Gasteiger partial charge is 0.388 e. The number of ether oxygens (including phenoxy) is 1. The lowest BCUT2D eigenvalue weighted by atomic mass is 10.0. The third-order valence-electron chi connectivity index (χ3n) is 3.52. The smallest absolute Gasteiger partial charge is 0.0791 e. The number of pyridine rings is 1. The first-order valence-corrected chi connectivity index (χ1v) is 6.90. The molecule has 1 aromatic heterocycles. The summed E-state index contributed by atoms with van der Waals surface area (Å²) >= 11 is 0. The topological polar surface area (TPSA) is 42.4 Å². The van der Waals surface area contributed by atoms with E-state index in [9.17, 15) is 5.11 Å². The molecular weight excluding hydrogens is 226 g/mol. The molecule has 2 rings (SSSR count). The Morgan fingerprint density at radius 2 is 2.11 bits per heavy atom. The van der Waals surface area contributed by atoms with Gasteiger partial charge in [0.2, 0.25) is 0 Å². The van der Waals surface area contributed by atoms with Crippen molar-refractivity contribution in [3.8, 4) is 0 Å². The van der Waals surface area contributed by atoms with Crippen LogP contribution in [0.15, 0.2) is 12.1 Å². The number of aliphatic hydroxyl groups excluding tert-OH is 1. The van der Waals surface area contributed by atoms with Crippen molar-refractivity contribution in [2.75, 3.05) is 6.61 Å². The lowest BCUT2D eigenvalue weighted by Gasteiger charge is -2.14. The predicted octanol–water partition coefficient (Wildman–Crippen LogP) is 3.08. The fourth-order valence-electron chi connectivity index (χ4n) is 2.64. The van der Waals surface area contributed by atoms with E-state index in [-0.39, 0.29) is 6.10 Å². The molecule has 0 aromatic carbocycles. The average Bonchev–Trinajstić information content (AvgIpc) is 2.80. The van der Waals surface area contributed by atoms with Crippen LogP contribution < -0.4 is 0 Å². The second-order valence-corrected chi connectivity index (χ2v) is 5.26. The number of nitrogens with zero attached hydrogens (tertiary/aromatic N) is 1. The normalized spacial score (nSPS) is 21.2. The third kappa shape index (κ3) is 3.79. The van der Waals surface area contributed by atoms with Crippen molar-refractivity contribution in [1.82, 2.24) is 4.98 Å². The van der Waals surface area contributed by atoms with Crippen LogP contribution >= 0.6 is 0 Å². The number of rotatable bonds is 5. The van der Waals surface area contributed by atoms with Gasteiger partial charge in [-0.1, -0.05) is 0 Å². The zero-order valence-electron chi connectivity index (χ0n) is 11.4. The van der Waals surface area contributed by atoms with Gasteiger partial charge in [0.15, 0.2) is 0 Å². The molecule has 0 amide bonds. The fraction of sp³-hybridized carbons (Fsp3) is 0.667. The molecule has 1 aliphatic heterocycles. The molecule has 0 aliphatic carbocycles. The zero-order chi connectivity index (χ0) is 13.0. The van der Waals surface area contributed by atoms with E-state index in [0.29, 0.717) is 6.10 Å². The lowest BCUT2D eigenvalue weighted by molar-refractivity contribution is 0.0944. The van der Waals surface area contributed by atoms with Crippen LogP contribution in [0.25, 0.3) is 0 Å². The maximum atomic E-state index is 10.2. The quantitative estimate of drug-likeness (QED) is 0.872. The molecule has 3 heteroatoms. The lowest BCUT2D eigenvalue weighted by Crippen LogP contribution is -2.06. The van der Waals surface area contributed by atoms with Gasteiger partial charge >= 0.3 is 0 Å². The third-order valence-corrected chi connectivity index (χ3v) is 3.52. The van der Waals surface area contributed by atoms with E-state index in [4.69, 9.17) is 4.74 Å². The Kier molecular flexibility index (Phi) is 4.72. The maximum absolute atomic E-state index is 10.2. The molecule has 1 aliphatic rings. The summed E-state index contributed by atoms with van der Waals surface area (Å²) in [5.74, 6) is 0. The van der Waals surface area contributed by atoms with Gasteiger partial charge in [-0.25, -0.2) is 0 Å². The molecule has 3 nitrogen and oxygen atoms in total. The van der Waals surface area contributed by atoms with Crippen LogP contribution in [0, 0.1) is 13.8 Å². The second kappa shape index (κ2) is 6.30. The Bertz CT molecular complexity index is 366. The summed E-state index contributed by atoms with van der Waals surface area (Å²) in [6.45, 7) is 4.85. The van der Waals surface area contributed by atoms with E-state index in [0.717, 1.165) is 42.8 Å². The van der Waals surface area contributed by atoms with Crippen LogP contribution in [0.2, 0.25) is 0 Å². The van der Waals surface area contributed by atoms with Gasteiger partial charge in [-0.05, 0) is 63.6 Å². The number of aryl methyl sites for hydroxylation is 2. The number of hydrogen-bond donors (Lipinski definition) is 1. The average molecular weight is 249 g/mol. The molecule has 0 spiro atoms. The highest BCUT2D eigenvalue weighted by Gasteiger charge is 2.16. The monoisotopic (exact) mass is 249 g/mol. The molecule has 0 bridgehead atoms. The molecule has 1 N–H and O–H groups in total. The standard InChI is InChI=1S/C15H23NO2/c1-11-9-13(10-12(2)16-11)15(17)7-3-5-14-6-4-8-18-14/h9-10,14-15,17H,3-8H2,1-2H3. The summed E-state index contributed by atoms with van der Waals surface area (Å²) in [6.07, 6.45) is 5.33. The second-order valence-electron chi connectivity index (χ2n) is 5.26. The van der Waals surface area contributed by atoms with Crippen LogP contribution in [0.1, 0.15) is 55.2 Å². The Hall–Kier alpha value is -0.930. The minimum Gasteiger partial charge on any atom is -0.388 e. The van der Waals surface area contributed by atoms with Crippen LogP contribution in [0.4, 0.5) is 0 Å². The first-order chi connectivity index (χ1) is 8.65. The molecule has 1 aromatic rings. The van der Waals surface area contributed by atoms with Crippen LogP contribution in [0.5, 0.6) is 0 Å². The van der Waals surface area contributed by atoms with Crippen molar-refractivity contribution in [1.29, 1.82) is 0 Å². The Balaban J connectivity index is 1.81. The van der Waals surface area contributed by atoms with Crippen LogP contribution in [-0.4, -0.2) is 22.8 Å². The Morgan fingerprint density at radius 1 is 1.39 bits per heavy atom. The van der Waals surface area contributed by atoms with E-state index < -0.39 is 0 Å². The molecule has 18 heavy (non-hydrogen) atoms. The van der Waals surface area contributed by atoms with E-state index in [1.54, 1.807) is 0 Å². The molecule has 0 saturated carbocycles. The highest BCUT2D eigenvalue weighted by atomic mass is 16.5. The molecular formula is C15H23NO2. The molecule has 1 saturated heterocycles. The zero-order valence-corrected chi connectivity index (χ0v) is 11.4. The van der Waals surface area contributed by atoms with Crippen molar-refractivity contribution in [3.05, 3.63) is 29.1 Å². The van der Waals surface area contributed by atoms with Gasteiger partial charge in [0.05, 0.1) is 12.2 Å². The van der Waals surface area contributed by atoms with E-state index in [1.165, 1.54) is 12.8 Å². The molecule has 0 radical (unpaired) electrons. The van der Waals surface area contributed by atoms with Crippen molar-refractivity contribution in [2.24, 2.45) is 0 Å². The summed E-state index contributed by atoms with van der Waals surface area (Å²) in [4.78, 5) is 4.33. The highest BCUT2D eigenvalue weighted by molar-refractivity contribution is 5.22. The maximum Gasteiger partial charge on any atom is 0.0791 e. The molecule has 2 unspecified atom stereocenters. The van der Waals surface area contributed by atoms with Crippen molar-refractivity contribution < 1.29 is 9.84 Å². The summed E-state index contributed by atoms with van der Waals surface area (Å²) < 4.78 is 5.59. The molecule has 1 fully saturated rings. The van der Waals surface area contributed by atoms with Crippen molar-refractivity contribution in [3.63, 3.8) is 0 Å². The summed E-state index contributed by atoms with van der Waals surface area (Å²) in [5, 5.41) is 10.2. The number of aromatic nitrogens is 1. The predicted molar refractivity (Wildman–Crippen MR) is 71.5 cm³/mol. The molecule has 2 heterocycles. The van der Waals surface area contributed by atoms with E-state index in [2.05, 4.69) is 4.98 Å². The molecule has 2 atom stereocenters. The van der Waals surface area contributed by atoms with E-state index >= 15 is 0 Å². The van der Waals surface area contributed by atoms with Gasteiger partial charge in [0, 0.05) is 18.0 Å². The Labute approximate surface area is 109 Å². The van der Waals surface area contributed by atoms with Gasteiger partial charge in [-0.3, -0.25) is 4.98 Å². The van der Waals surface area contributed by atoms with Gasteiger partial charge in [0.1, 0.15) is 0 Å². The number of aliphatic hydroxyl groups is 1. The first-order valence-electron chi connectivity index (χ1n) is 6.90. The summed E-state index contributed by atoms with van der Waals surface area (Å²) in [5.41, 5.74) is 2.94. The SMILES string of the molecule is Cc1cc(C(O)CCCC2CCCO2)cc(C)n1. The van der Waals surface area contributed by atoms with E-state index in [1.807, 2.05) is 26.0 Å². The summed E-state index contributed by atoms with van der Waals surface area (Å²) in [7, 11) is 0. The fourth-order valence-corrected chi connectivity index (χ4v) is 2.64. The minimum atomic E-state index is -0.369. The first kappa shape index (κ1) is 13.5. The number of hydrogen-bond acceptors (Lipinski definition) is 3. The van der Waals surface area contributed by atoms with Crippen molar-refractivity contribution >= 4 is 0 Å². The van der Waals surface area contributed by atoms with Gasteiger partial charge in [0.25, 0.3) is 0 Å². The van der Waals surface area contributed by atoms with Crippen molar-refractivity contribution in [2.45, 2.75) is 58.2 Å². The van der Waals surface area contributed by atoms with Crippen LogP contribution in [-0.2, 0) is 4.74 Å². The van der Waals surface area contributed by atoms with Gasteiger partial charge in [-0.15, -0.1) is 0 Å². The minimum absolute atomic E-state index is 0.369. The van der Waals surface area contributed by atoms with Crippen LogP contribution in [0.3, 0.4) is 0 Å². The van der Waals surface area contributed by atoms with Gasteiger partial charge < -0.3 is 9.84 Å². The highest BCUT2D eigenvalue weighted by Crippen LogP contribution is 2.23. The van der Waals surface area contributed by atoms with Gasteiger partial charge in [-0.2, -0.15) is 0 Å². The summed E-state index contributed by atoms with van der Waals surface area (Å²) in [6, 6.07) is 3.95. The molecule has 100 valence electrons.